The van der Waals surface area contributed by atoms with E-state index in [0.717, 1.165) is 22.6 Å². The fourth-order valence-corrected chi connectivity index (χ4v) is 1.68. The molecule has 1 heteroatoms. The van der Waals surface area contributed by atoms with Gasteiger partial charge < -0.3 is 4.74 Å². The lowest BCUT2D eigenvalue weighted by Crippen LogP contribution is -1.95. The summed E-state index contributed by atoms with van der Waals surface area (Å²) >= 11 is 0. The molecule has 0 radical (unpaired) electrons. The molecule has 2 aromatic carbocycles. The van der Waals surface area contributed by atoms with Crippen LogP contribution in [0.25, 0.3) is 5.76 Å². The van der Waals surface area contributed by atoms with E-state index in [9.17, 15) is 0 Å². The summed E-state index contributed by atoms with van der Waals surface area (Å²) in [6.45, 7) is 4.04. The van der Waals surface area contributed by atoms with Crippen LogP contribution in [-0.4, -0.2) is 0 Å². The first kappa shape index (κ1) is 11.5. The summed E-state index contributed by atoms with van der Waals surface area (Å²) in [7, 11) is 0. The Morgan fingerprint density at radius 3 is 2.24 bits per heavy atom. The molecule has 0 atom stereocenters. The van der Waals surface area contributed by atoms with Gasteiger partial charge in [0.25, 0.3) is 0 Å². The van der Waals surface area contributed by atoms with Crippen LogP contribution in [0.4, 0.5) is 0 Å². The Morgan fingerprint density at radius 2 is 1.59 bits per heavy atom. The maximum absolute atomic E-state index is 5.94. The van der Waals surface area contributed by atoms with Crippen LogP contribution >= 0.6 is 0 Å². The monoisotopic (exact) mass is 224 g/mol. The van der Waals surface area contributed by atoms with Crippen molar-refractivity contribution in [1.82, 2.24) is 0 Å². The molecule has 0 saturated carbocycles. The highest BCUT2D eigenvalue weighted by molar-refractivity contribution is 5.62. The Balaban J connectivity index is 2.26. The van der Waals surface area contributed by atoms with E-state index in [1.165, 1.54) is 0 Å². The van der Waals surface area contributed by atoms with E-state index in [1.54, 1.807) is 0 Å². The van der Waals surface area contributed by atoms with Gasteiger partial charge in [0.1, 0.15) is 11.5 Å². The van der Waals surface area contributed by atoms with Crippen molar-refractivity contribution in [1.29, 1.82) is 0 Å². The predicted octanol–water partition coefficient (Wildman–Crippen LogP) is 4.43. The van der Waals surface area contributed by atoms with Gasteiger partial charge >= 0.3 is 0 Å². The number of ether oxygens (including phenoxy) is 1. The van der Waals surface area contributed by atoms with Gasteiger partial charge in [-0.05, 0) is 31.6 Å². The molecule has 0 amide bonds. The minimum Gasteiger partial charge on any atom is -0.457 e. The first-order valence-corrected chi connectivity index (χ1v) is 5.76. The van der Waals surface area contributed by atoms with Crippen LogP contribution in [0.1, 0.15) is 18.1 Å². The third-order valence-corrected chi connectivity index (χ3v) is 2.63. The first-order valence-electron chi connectivity index (χ1n) is 5.76. The summed E-state index contributed by atoms with van der Waals surface area (Å²) < 4.78 is 5.94. The summed E-state index contributed by atoms with van der Waals surface area (Å²) in [5, 5.41) is 0. The van der Waals surface area contributed by atoms with E-state index in [2.05, 4.69) is 0 Å². The van der Waals surface area contributed by atoms with Crippen molar-refractivity contribution < 1.29 is 4.74 Å². The standard InChI is InChI=1S/C16H16O/c1-3-15(14-10-5-4-6-11-14)17-16-12-8-7-9-13(16)2/h3-12H,1-2H3. The van der Waals surface area contributed by atoms with Crippen molar-refractivity contribution >= 4 is 5.76 Å². The van der Waals surface area contributed by atoms with E-state index < -0.39 is 0 Å². The molecule has 0 aliphatic carbocycles. The highest BCUT2D eigenvalue weighted by atomic mass is 16.5. The number of benzene rings is 2. The van der Waals surface area contributed by atoms with E-state index in [4.69, 9.17) is 4.74 Å². The van der Waals surface area contributed by atoms with Crippen LogP contribution in [0.15, 0.2) is 60.7 Å². The summed E-state index contributed by atoms with van der Waals surface area (Å²) in [6.07, 6.45) is 1.99. The second kappa shape index (κ2) is 5.35. The molecule has 0 aromatic heterocycles. The zero-order valence-electron chi connectivity index (χ0n) is 10.2. The van der Waals surface area contributed by atoms with Crippen molar-refractivity contribution in [2.24, 2.45) is 0 Å². The van der Waals surface area contributed by atoms with Gasteiger partial charge in [-0.2, -0.15) is 0 Å². The number of hydrogen-bond donors (Lipinski definition) is 0. The largest absolute Gasteiger partial charge is 0.457 e. The van der Waals surface area contributed by atoms with Crippen LogP contribution in [-0.2, 0) is 0 Å². The molecule has 0 N–H and O–H groups in total. The smallest absolute Gasteiger partial charge is 0.130 e. The molecule has 0 bridgehead atoms. The van der Waals surface area contributed by atoms with Gasteiger partial charge in [-0.1, -0.05) is 48.5 Å². The third kappa shape index (κ3) is 2.76. The quantitative estimate of drug-likeness (QED) is 0.700. The molecule has 0 unspecified atom stereocenters. The summed E-state index contributed by atoms with van der Waals surface area (Å²) in [5.41, 5.74) is 2.24. The third-order valence-electron chi connectivity index (χ3n) is 2.63. The van der Waals surface area contributed by atoms with Crippen LogP contribution in [0.2, 0.25) is 0 Å². The maximum atomic E-state index is 5.94. The number of hydrogen-bond acceptors (Lipinski definition) is 1. The lowest BCUT2D eigenvalue weighted by molar-refractivity contribution is 0.510. The number of rotatable bonds is 3. The van der Waals surface area contributed by atoms with Crippen LogP contribution < -0.4 is 4.74 Å². The van der Waals surface area contributed by atoms with Crippen LogP contribution in [0.3, 0.4) is 0 Å². The van der Waals surface area contributed by atoms with Crippen LogP contribution in [0, 0.1) is 6.92 Å². The molecule has 86 valence electrons. The second-order valence-electron chi connectivity index (χ2n) is 3.89. The molecule has 0 saturated heterocycles. The van der Waals surface area contributed by atoms with Gasteiger partial charge in [-0.3, -0.25) is 0 Å². The van der Waals surface area contributed by atoms with Gasteiger partial charge in [0.15, 0.2) is 0 Å². The molecule has 0 aliphatic rings. The van der Waals surface area contributed by atoms with Gasteiger partial charge in [-0.15, -0.1) is 0 Å². The van der Waals surface area contributed by atoms with Gasteiger partial charge in [-0.25, -0.2) is 0 Å². The molecular formula is C16H16O. The topological polar surface area (TPSA) is 9.23 Å². The zero-order valence-corrected chi connectivity index (χ0v) is 10.2. The zero-order chi connectivity index (χ0) is 12.1. The highest BCUT2D eigenvalue weighted by Gasteiger charge is 2.04. The number of aryl methyl sites for hydroxylation is 1. The van der Waals surface area contributed by atoms with Crippen molar-refractivity contribution in [3.63, 3.8) is 0 Å². The summed E-state index contributed by atoms with van der Waals surface area (Å²) in [6, 6.07) is 18.2. The van der Waals surface area contributed by atoms with E-state index in [1.807, 2.05) is 74.5 Å². The molecule has 17 heavy (non-hydrogen) atoms. The normalized spacial score (nSPS) is 11.3. The minimum absolute atomic E-state index is 0.889. The Hall–Kier alpha value is -2.02. The van der Waals surface area contributed by atoms with Crippen molar-refractivity contribution in [3.05, 3.63) is 71.8 Å². The van der Waals surface area contributed by atoms with Crippen LogP contribution in [0.5, 0.6) is 5.75 Å². The lowest BCUT2D eigenvalue weighted by atomic mass is 10.1. The molecule has 2 rings (SSSR count). The lowest BCUT2D eigenvalue weighted by Gasteiger charge is -2.11. The Labute approximate surface area is 102 Å². The fourth-order valence-electron chi connectivity index (χ4n) is 1.68. The molecule has 0 fully saturated rings. The molecule has 2 aromatic rings. The Bertz CT molecular complexity index is 512. The molecule has 0 spiro atoms. The van der Waals surface area contributed by atoms with Crippen molar-refractivity contribution in [2.45, 2.75) is 13.8 Å². The molecular weight excluding hydrogens is 208 g/mol. The molecule has 1 nitrogen and oxygen atoms in total. The molecule has 0 aliphatic heterocycles. The van der Waals surface area contributed by atoms with Gasteiger partial charge in [0.2, 0.25) is 0 Å². The van der Waals surface area contributed by atoms with E-state index in [-0.39, 0.29) is 0 Å². The number of para-hydroxylation sites is 1. The Morgan fingerprint density at radius 1 is 0.941 bits per heavy atom. The second-order valence-corrected chi connectivity index (χ2v) is 3.89. The summed E-state index contributed by atoms with van der Waals surface area (Å²) in [4.78, 5) is 0. The average molecular weight is 224 g/mol. The first-order chi connectivity index (χ1) is 8.31. The average Bonchev–Trinajstić information content (AvgIpc) is 2.39. The predicted molar refractivity (Wildman–Crippen MR) is 71.9 cm³/mol. The minimum atomic E-state index is 0.889. The van der Waals surface area contributed by atoms with E-state index in [0.29, 0.717) is 0 Å². The van der Waals surface area contributed by atoms with Gasteiger partial charge in [0.05, 0.1) is 0 Å². The maximum Gasteiger partial charge on any atom is 0.130 e. The van der Waals surface area contributed by atoms with Crippen molar-refractivity contribution in [2.75, 3.05) is 0 Å². The Kier molecular flexibility index (Phi) is 3.61. The number of allylic oxidation sites excluding steroid dienone is 1. The SMILES string of the molecule is CC=C(Oc1ccccc1C)c1ccccc1. The summed E-state index contributed by atoms with van der Waals surface area (Å²) in [5.74, 6) is 1.80. The van der Waals surface area contributed by atoms with Gasteiger partial charge in [0, 0.05) is 5.56 Å². The highest BCUT2D eigenvalue weighted by Crippen LogP contribution is 2.23. The van der Waals surface area contributed by atoms with Crippen molar-refractivity contribution in [3.8, 4) is 5.75 Å². The van der Waals surface area contributed by atoms with E-state index >= 15 is 0 Å². The molecule has 0 heterocycles. The fraction of sp³-hybridized carbons (Fsp3) is 0.125.